The fourth-order valence-corrected chi connectivity index (χ4v) is 3.73. The van der Waals surface area contributed by atoms with Gasteiger partial charge in [0.2, 0.25) is 0 Å². The van der Waals surface area contributed by atoms with Gasteiger partial charge in [-0.2, -0.15) is 0 Å². The quantitative estimate of drug-likeness (QED) is 0.610. The lowest BCUT2D eigenvalue weighted by Gasteiger charge is -2.44. The lowest BCUT2D eigenvalue weighted by Crippen LogP contribution is -2.43. The Balaban J connectivity index is 2.67. The molecule has 0 saturated carbocycles. The van der Waals surface area contributed by atoms with Crippen LogP contribution in [0.3, 0.4) is 0 Å². The average Bonchev–Trinajstić information content (AvgIpc) is 2.35. The van der Waals surface area contributed by atoms with Gasteiger partial charge in [0.1, 0.15) is 11.9 Å². The SMILES string of the molecule is Cc1c(C)c(C)c2c(c1C)OC(C(C)(C)C)C(C)C2C. The first-order valence-electron chi connectivity index (χ1n) is 7.84. The van der Waals surface area contributed by atoms with Crippen molar-refractivity contribution in [3.05, 3.63) is 27.8 Å². The largest absolute Gasteiger partial charge is 0.489 e. The fraction of sp³-hybridized carbons (Fsp3) is 0.684. The van der Waals surface area contributed by atoms with Gasteiger partial charge in [0.25, 0.3) is 0 Å². The molecule has 1 aliphatic heterocycles. The summed E-state index contributed by atoms with van der Waals surface area (Å²) in [5.41, 5.74) is 7.18. The van der Waals surface area contributed by atoms with Crippen molar-refractivity contribution in [1.82, 2.24) is 0 Å². The zero-order valence-corrected chi connectivity index (χ0v) is 14.6. The first-order chi connectivity index (χ1) is 9.07. The van der Waals surface area contributed by atoms with Gasteiger partial charge in [0.15, 0.2) is 0 Å². The molecule has 1 aliphatic rings. The molecule has 0 N–H and O–H groups in total. The lowest BCUT2D eigenvalue weighted by atomic mass is 9.71. The highest BCUT2D eigenvalue weighted by atomic mass is 16.5. The van der Waals surface area contributed by atoms with Gasteiger partial charge in [-0.25, -0.2) is 0 Å². The minimum Gasteiger partial charge on any atom is -0.489 e. The van der Waals surface area contributed by atoms with Crippen molar-refractivity contribution >= 4 is 0 Å². The minimum atomic E-state index is 0.171. The Morgan fingerprint density at radius 3 is 1.80 bits per heavy atom. The standard InChI is InChI=1S/C19H30O/c1-10-11(2)14(5)17-16(12(10)3)13(4)15(6)18(20-17)19(7,8)9/h13,15,18H,1-9H3. The van der Waals surface area contributed by atoms with Crippen LogP contribution in [0.15, 0.2) is 0 Å². The summed E-state index contributed by atoms with van der Waals surface area (Å²) in [6.45, 7) is 20.5. The molecule has 3 unspecified atom stereocenters. The second kappa shape index (κ2) is 4.79. The molecule has 1 nitrogen and oxygen atoms in total. The van der Waals surface area contributed by atoms with Crippen LogP contribution in [-0.4, -0.2) is 6.10 Å². The van der Waals surface area contributed by atoms with Crippen molar-refractivity contribution in [3.63, 3.8) is 0 Å². The molecule has 0 fully saturated rings. The molecule has 1 heterocycles. The van der Waals surface area contributed by atoms with Crippen LogP contribution >= 0.6 is 0 Å². The smallest absolute Gasteiger partial charge is 0.126 e. The molecule has 0 aromatic heterocycles. The molecule has 0 amide bonds. The highest BCUT2D eigenvalue weighted by molar-refractivity contribution is 5.56. The van der Waals surface area contributed by atoms with Crippen LogP contribution in [0.25, 0.3) is 0 Å². The van der Waals surface area contributed by atoms with Crippen molar-refractivity contribution in [3.8, 4) is 5.75 Å². The molecular formula is C19H30O. The van der Waals surface area contributed by atoms with Crippen LogP contribution < -0.4 is 4.74 Å². The zero-order chi connectivity index (χ0) is 15.4. The number of rotatable bonds is 0. The fourth-order valence-electron chi connectivity index (χ4n) is 3.73. The molecule has 0 saturated heterocycles. The lowest BCUT2D eigenvalue weighted by molar-refractivity contribution is 0.0154. The van der Waals surface area contributed by atoms with Crippen molar-refractivity contribution in [2.45, 2.75) is 74.3 Å². The Bertz CT molecular complexity index is 534. The number of fused-ring (bicyclic) bond motifs is 1. The molecule has 1 aromatic rings. The van der Waals surface area contributed by atoms with Crippen LogP contribution in [0.1, 0.15) is 68.4 Å². The summed E-state index contributed by atoms with van der Waals surface area (Å²) >= 11 is 0. The van der Waals surface area contributed by atoms with Crippen LogP contribution in [-0.2, 0) is 0 Å². The molecule has 0 radical (unpaired) electrons. The maximum Gasteiger partial charge on any atom is 0.126 e. The van der Waals surface area contributed by atoms with Crippen LogP contribution in [0.2, 0.25) is 0 Å². The van der Waals surface area contributed by atoms with E-state index in [1.54, 1.807) is 0 Å². The summed E-state index contributed by atoms with van der Waals surface area (Å²) < 4.78 is 6.53. The van der Waals surface area contributed by atoms with E-state index in [2.05, 4.69) is 62.3 Å². The minimum absolute atomic E-state index is 0.171. The Hall–Kier alpha value is -0.980. The highest BCUT2D eigenvalue weighted by Gasteiger charge is 2.41. The van der Waals surface area contributed by atoms with Crippen LogP contribution in [0.4, 0.5) is 0 Å². The maximum atomic E-state index is 6.53. The molecule has 3 atom stereocenters. The second-order valence-corrected chi connectivity index (χ2v) is 7.80. The van der Waals surface area contributed by atoms with E-state index in [0.717, 1.165) is 5.75 Å². The van der Waals surface area contributed by atoms with Crippen molar-refractivity contribution in [2.24, 2.45) is 11.3 Å². The highest BCUT2D eigenvalue weighted by Crippen LogP contribution is 2.48. The summed E-state index contributed by atoms with van der Waals surface area (Å²) in [6.07, 6.45) is 0.283. The van der Waals surface area contributed by atoms with E-state index < -0.39 is 0 Å². The maximum absolute atomic E-state index is 6.53. The van der Waals surface area contributed by atoms with Gasteiger partial charge < -0.3 is 4.74 Å². The molecule has 0 aliphatic carbocycles. The van der Waals surface area contributed by atoms with Crippen molar-refractivity contribution in [1.29, 1.82) is 0 Å². The Labute approximate surface area is 124 Å². The third-order valence-corrected chi connectivity index (χ3v) is 5.50. The van der Waals surface area contributed by atoms with Gasteiger partial charge in [-0.3, -0.25) is 0 Å². The number of hydrogen-bond acceptors (Lipinski definition) is 1. The molecule has 112 valence electrons. The first-order valence-corrected chi connectivity index (χ1v) is 7.84. The van der Waals surface area contributed by atoms with E-state index in [4.69, 9.17) is 4.74 Å². The molecule has 0 spiro atoms. The van der Waals surface area contributed by atoms with E-state index in [-0.39, 0.29) is 11.5 Å². The monoisotopic (exact) mass is 274 g/mol. The number of ether oxygens (including phenoxy) is 1. The average molecular weight is 274 g/mol. The van der Waals surface area contributed by atoms with Crippen LogP contribution in [0.5, 0.6) is 5.75 Å². The summed E-state index contributed by atoms with van der Waals surface area (Å²) in [6, 6.07) is 0. The van der Waals surface area contributed by atoms with Crippen molar-refractivity contribution in [2.75, 3.05) is 0 Å². The predicted octanol–water partition coefficient (Wildman–Crippen LogP) is 5.47. The topological polar surface area (TPSA) is 9.23 Å². The first kappa shape index (κ1) is 15.4. The third-order valence-electron chi connectivity index (χ3n) is 5.50. The Morgan fingerprint density at radius 2 is 1.30 bits per heavy atom. The van der Waals surface area contributed by atoms with Gasteiger partial charge in [0, 0.05) is 11.5 Å². The predicted molar refractivity (Wildman–Crippen MR) is 86.8 cm³/mol. The summed E-state index contributed by atoms with van der Waals surface area (Å²) in [5, 5.41) is 0. The van der Waals surface area contributed by atoms with Gasteiger partial charge in [-0.15, -0.1) is 0 Å². The van der Waals surface area contributed by atoms with E-state index in [0.29, 0.717) is 11.8 Å². The van der Waals surface area contributed by atoms with E-state index in [1.807, 2.05) is 0 Å². The van der Waals surface area contributed by atoms with Gasteiger partial charge >= 0.3 is 0 Å². The van der Waals surface area contributed by atoms with E-state index in [1.165, 1.54) is 27.8 Å². The van der Waals surface area contributed by atoms with Gasteiger partial charge in [-0.05, 0) is 61.3 Å². The van der Waals surface area contributed by atoms with Gasteiger partial charge in [-0.1, -0.05) is 34.6 Å². The van der Waals surface area contributed by atoms with Crippen molar-refractivity contribution < 1.29 is 4.74 Å². The van der Waals surface area contributed by atoms with E-state index >= 15 is 0 Å². The molecular weight excluding hydrogens is 244 g/mol. The zero-order valence-electron chi connectivity index (χ0n) is 14.6. The normalized spacial score (nSPS) is 26.1. The molecule has 0 bridgehead atoms. The summed E-state index contributed by atoms with van der Waals surface area (Å²) in [4.78, 5) is 0. The molecule has 20 heavy (non-hydrogen) atoms. The van der Waals surface area contributed by atoms with E-state index in [9.17, 15) is 0 Å². The Kier molecular flexibility index (Phi) is 3.69. The third kappa shape index (κ3) is 2.16. The molecule has 1 heteroatoms. The molecule has 2 rings (SSSR count). The summed E-state index contributed by atoms with van der Waals surface area (Å²) in [5.74, 6) is 2.26. The second-order valence-electron chi connectivity index (χ2n) is 7.80. The number of benzene rings is 1. The number of hydrogen-bond donors (Lipinski definition) is 0. The van der Waals surface area contributed by atoms with Crippen LogP contribution in [0, 0.1) is 39.0 Å². The summed E-state index contributed by atoms with van der Waals surface area (Å²) in [7, 11) is 0. The van der Waals surface area contributed by atoms with Gasteiger partial charge in [0.05, 0.1) is 0 Å². The molecule has 1 aromatic carbocycles. The Morgan fingerprint density at radius 1 is 0.800 bits per heavy atom.